The number of benzene rings is 1. The summed E-state index contributed by atoms with van der Waals surface area (Å²) in [5, 5.41) is 2.11. The normalized spacial score (nSPS) is 11.3. The van der Waals surface area contributed by atoms with Crippen molar-refractivity contribution in [2.24, 2.45) is 5.73 Å². The van der Waals surface area contributed by atoms with Gasteiger partial charge >= 0.3 is 0 Å². The molecule has 4 heteroatoms. The molecule has 0 aliphatic heterocycles. The summed E-state index contributed by atoms with van der Waals surface area (Å²) < 4.78 is 0. The molecular formula is C14H14N4. The van der Waals surface area contributed by atoms with Crippen molar-refractivity contribution in [3.63, 3.8) is 0 Å². The number of nitrogens with zero attached hydrogens (tertiary/aromatic N) is 3. The maximum absolute atomic E-state index is 5.55. The average Bonchev–Trinajstić information content (AvgIpc) is 2.41. The Labute approximate surface area is 105 Å². The van der Waals surface area contributed by atoms with E-state index in [0.29, 0.717) is 18.0 Å². The second-order valence-electron chi connectivity index (χ2n) is 4.49. The van der Waals surface area contributed by atoms with Crippen molar-refractivity contribution >= 4 is 21.9 Å². The Balaban J connectivity index is 2.43. The summed E-state index contributed by atoms with van der Waals surface area (Å²) in [7, 11) is 0. The topological polar surface area (TPSA) is 64.7 Å². The van der Waals surface area contributed by atoms with Crippen LogP contribution in [0.4, 0.5) is 0 Å². The lowest BCUT2D eigenvalue weighted by molar-refractivity contribution is 0.922. The Morgan fingerprint density at radius 1 is 1.11 bits per heavy atom. The smallest absolute Gasteiger partial charge is 0.163 e. The molecule has 3 rings (SSSR count). The maximum atomic E-state index is 5.55. The zero-order valence-corrected chi connectivity index (χ0v) is 10.4. The number of nitrogens with two attached hydrogens (primary N) is 1. The quantitative estimate of drug-likeness (QED) is 0.660. The molecule has 0 spiro atoms. The van der Waals surface area contributed by atoms with Crippen molar-refractivity contribution in [2.75, 3.05) is 0 Å². The second kappa shape index (κ2) is 3.99. The summed E-state index contributed by atoms with van der Waals surface area (Å²) in [6, 6.07) is 6.29. The van der Waals surface area contributed by atoms with Crippen LogP contribution in [0.5, 0.6) is 0 Å². The Bertz CT molecular complexity index is 749. The van der Waals surface area contributed by atoms with Gasteiger partial charge in [-0.05, 0) is 31.0 Å². The van der Waals surface area contributed by atoms with Gasteiger partial charge in [0.15, 0.2) is 5.65 Å². The van der Waals surface area contributed by atoms with Crippen LogP contribution < -0.4 is 5.73 Å². The zero-order valence-electron chi connectivity index (χ0n) is 10.4. The Kier molecular flexibility index (Phi) is 2.45. The summed E-state index contributed by atoms with van der Waals surface area (Å²) in [5.74, 6) is 0.625. The van der Waals surface area contributed by atoms with Gasteiger partial charge in [-0.25, -0.2) is 15.0 Å². The van der Waals surface area contributed by atoms with Gasteiger partial charge in [0.2, 0.25) is 0 Å². The van der Waals surface area contributed by atoms with Crippen LogP contribution in [0.25, 0.3) is 21.9 Å². The maximum Gasteiger partial charge on any atom is 0.163 e. The monoisotopic (exact) mass is 238 g/mol. The van der Waals surface area contributed by atoms with Gasteiger partial charge in [-0.1, -0.05) is 12.1 Å². The fourth-order valence-corrected chi connectivity index (χ4v) is 2.12. The van der Waals surface area contributed by atoms with Gasteiger partial charge in [0.25, 0.3) is 0 Å². The van der Waals surface area contributed by atoms with E-state index in [9.17, 15) is 0 Å². The number of hydrogen-bond donors (Lipinski definition) is 1. The van der Waals surface area contributed by atoms with E-state index in [-0.39, 0.29) is 0 Å². The molecule has 0 atom stereocenters. The standard InChI is InChI=1S/C14H14N4/c1-8-3-4-9(2)13-11(8)5-10-7-16-12(6-15)17-14(10)18-13/h3-5,7H,6,15H2,1-2H3. The van der Waals surface area contributed by atoms with E-state index in [4.69, 9.17) is 5.73 Å². The molecule has 0 unspecified atom stereocenters. The Morgan fingerprint density at radius 3 is 2.67 bits per heavy atom. The molecule has 90 valence electrons. The minimum absolute atomic E-state index is 0.336. The third-order valence-corrected chi connectivity index (χ3v) is 3.18. The van der Waals surface area contributed by atoms with Gasteiger partial charge in [-0.15, -0.1) is 0 Å². The van der Waals surface area contributed by atoms with Crippen LogP contribution in [-0.4, -0.2) is 15.0 Å². The molecule has 0 amide bonds. The van der Waals surface area contributed by atoms with E-state index in [1.807, 2.05) is 0 Å². The Morgan fingerprint density at radius 2 is 1.89 bits per heavy atom. The lowest BCUT2D eigenvalue weighted by Gasteiger charge is -2.07. The predicted octanol–water partition coefficient (Wildman–Crippen LogP) is 2.25. The van der Waals surface area contributed by atoms with E-state index >= 15 is 0 Å². The van der Waals surface area contributed by atoms with Gasteiger partial charge in [0.1, 0.15) is 5.82 Å². The number of aromatic nitrogens is 3. The van der Waals surface area contributed by atoms with Crippen LogP contribution in [0.15, 0.2) is 24.4 Å². The summed E-state index contributed by atoms with van der Waals surface area (Å²) in [4.78, 5) is 13.2. The van der Waals surface area contributed by atoms with E-state index in [0.717, 1.165) is 21.9 Å². The summed E-state index contributed by atoms with van der Waals surface area (Å²) in [6.07, 6.45) is 1.79. The first-order chi connectivity index (χ1) is 8.69. The van der Waals surface area contributed by atoms with Crippen molar-refractivity contribution in [3.05, 3.63) is 41.3 Å². The molecule has 2 N–H and O–H groups in total. The van der Waals surface area contributed by atoms with Crippen LogP contribution in [-0.2, 0) is 6.54 Å². The number of aryl methyl sites for hydroxylation is 2. The minimum Gasteiger partial charge on any atom is -0.324 e. The van der Waals surface area contributed by atoms with Gasteiger partial charge in [0, 0.05) is 17.0 Å². The molecule has 18 heavy (non-hydrogen) atoms. The van der Waals surface area contributed by atoms with Gasteiger partial charge < -0.3 is 5.73 Å². The molecule has 2 heterocycles. The molecule has 1 aromatic carbocycles. The zero-order chi connectivity index (χ0) is 12.7. The average molecular weight is 238 g/mol. The first-order valence-corrected chi connectivity index (χ1v) is 5.91. The number of pyridine rings is 1. The largest absolute Gasteiger partial charge is 0.324 e. The Hall–Kier alpha value is -2.07. The molecule has 0 aliphatic carbocycles. The van der Waals surface area contributed by atoms with Crippen LogP contribution in [0, 0.1) is 13.8 Å². The molecule has 0 saturated heterocycles. The predicted molar refractivity (Wildman–Crippen MR) is 72.2 cm³/mol. The highest BCUT2D eigenvalue weighted by Crippen LogP contribution is 2.23. The molecular weight excluding hydrogens is 224 g/mol. The number of fused-ring (bicyclic) bond motifs is 2. The van der Waals surface area contributed by atoms with Gasteiger partial charge in [0.05, 0.1) is 12.1 Å². The highest BCUT2D eigenvalue weighted by Gasteiger charge is 2.06. The fraction of sp³-hybridized carbons (Fsp3) is 0.214. The van der Waals surface area contributed by atoms with Crippen LogP contribution in [0.3, 0.4) is 0 Å². The molecule has 2 aromatic heterocycles. The number of hydrogen-bond acceptors (Lipinski definition) is 4. The van der Waals surface area contributed by atoms with Crippen molar-refractivity contribution in [3.8, 4) is 0 Å². The number of rotatable bonds is 1. The molecule has 0 radical (unpaired) electrons. The highest BCUT2D eigenvalue weighted by atomic mass is 15.0. The molecule has 4 nitrogen and oxygen atoms in total. The lowest BCUT2D eigenvalue weighted by Crippen LogP contribution is -2.03. The lowest BCUT2D eigenvalue weighted by atomic mass is 10.0. The third-order valence-electron chi connectivity index (χ3n) is 3.18. The van der Waals surface area contributed by atoms with Crippen LogP contribution in [0.1, 0.15) is 17.0 Å². The van der Waals surface area contributed by atoms with Crippen LogP contribution >= 0.6 is 0 Å². The third kappa shape index (κ3) is 1.62. The molecule has 0 saturated carbocycles. The highest BCUT2D eigenvalue weighted by molar-refractivity contribution is 5.94. The van der Waals surface area contributed by atoms with Crippen molar-refractivity contribution in [1.82, 2.24) is 15.0 Å². The van der Waals surface area contributed by atoms with E-state index in [1.165, 1.54) is 5.56 Å². The van der Waals surface area contributed by atoms with Gasteiger partial charge in [-0.3, -0.25) is 0 Å². The summed E-state index contributed by atoms with van der Waals surface area (Å²) >= 11 is 0. The fourth-order valence-electron chi connectivity index (χ4n) is 2.12. The van der Waals surface area contributed by atoms with Crippen molar-refractivity contribution in [2.45, 2.75) is 20.4 Å². The van der Waals surface area contributed by atoms with E-state index < -0.39 is 0 Å². The summed E-state index contributed by atoms with van der Waals surface area (Å²) in [6.45, 7) is 4.48. The van der Waals surface area contributed by atoms with Crippen molar-refractivity contribution in [1.29, 1.82) is 0 Å². The van der Waals surface area contributed by atoms with E-state index in [1.54, 1.807) is 6.20 Å². The first-order valence-electron chi connectivity index (χ1n) is 5.91. The molecule has 0 bridgehead atoms. The van der Waals surface area contributed by atoms with Crippen LogP contribution in [0.2, 0.25) is 0 Å². The van der Waals surface area contributed by atoms with Gasteiger partial charge in [-0.2, -0.15) is 0 Å². The van der Waals surface area contributed by atoms with Crippen molar-refractivity contribution < 1.29 is 0 Å². The first kappa shape index (κ1) is 11.0. The second-order valence-corrected chi connectivity index (χ2v) is 4.49. The SMILES string of the molecule is Cc1ccc(C)c2nc3nc(CN)ncc3cc12. The minimum atomic E-state index is 0.336. The summed E-state index contributed by atoms with van der Waals surface area (Å²) in [5.41, 5.74) is 9.65. The molecule has 0 aliphatic rings. The molecule has 3 aromatic rings. The molecule has 0 fully saturated rings. The van der Waals surface area contributed by atoms with E-state index in [2.05, 4.69) is 47.0 Å².